The third-order valence-electron chi connectivity index (χ3n) is 3.34. The summed E-state index contributed by atoms with van der Waals surface area (Å²) in [7, 11) is 1.62. The second-order valence-corrected chi connectivity index (χ2v) is 4.76. The molecule has 19 heavy (non-hydrogen) atoms. The largest absolute Gasteiger partial charge is 0.490 e. The van der Waals surface area contributed by atoms with E-state index in [1.165, 1.54) is 0 Å². The van der Waals surface area contributed by atoms with Crippen molar-refractivity contribution in [3.8, 4) is 5.75 Å². The van der Waals surface area contributed by atoms with Gasteiger partial charge in [-0.2, -0.15) is 0 Å². The second kappa shape index (κ2) is 6.68. The van der Waals surface area contributed by atoms with Crippen LogP contribution in [-0.4, -0.2) is 38.8 Å². The van der Waals surface area contributed by atoms with Crippen molar-refractivity contribution in [1.29, 1.82) is 0 Å². The molecule has 104 valence electrons. The van der Waals surface area contributed by atoms with Gasteiger partial charge in [-0.1, -0.05) is 19.1 Å². The first-order valence-corrected chi connectivity index (χ1v) is 6.60. The highest BCUT2D eigenvalue weighted by Crippen LogP contribution is 2.27. The van der Waals surface area contributed by atoms with Crippen molar-refractivity contribution in [2.75, 3.05) is 26.9 Å². The Bertz CT molecular complexity index is 430. The minimum Gasteiger partial charge on any atom is -0.490 e. The molecule has 1 saturated heterocycles. The quantitative estimate of drug-likeness (QED) is 0.584. The van der Waals surface area contributed by atoms with E-state index >= 15 is 0 Å². The number of ether oxygens (including phenoxy) is 3. The maximum Gasteiger partial charge on any atom is 0.195 e. The average molecular weight is 264 g/mol. The Hall–Kier alpha value is -1.39. The van der Waals surface area contributed by atoms with Crippen LogP contribution in [-0.2, 0) is 9.47 Å². The SMILES string of the molecule is COCCOc1ccccc1C(=O)C1OCCC1C. The van der Waals surface area contributed by atoms with Gasteiger partial charge >= 0.3 is 0 Å². The first-order chi connectivity index (χ1) is 9.24. The van der Waals surface area contributed by atoms with E-state index in [4.69, 9.17) is 14.2 Å². The summed E-state index contributed by atoms with van der Waals surface area (Å²) in [6.07, 6.45) is 0.593. The molecule has 0 amide bonds. The van der Waals surface area contributed by atoms with Gasteiger partial charge in [-0.05, 0) is 24.5 Å². The van der Waals surface area contributed by atoms with Crippen LogP contribution in [0.4, 0.5) is 0 Å². The smallest absolute Gasteiger partial charge is 0.195 e. The summed E-state index contributed by atoms with van der Waals surface area (Å²) < 4.78 is 16.1. The molecule has 1 aliphatic rings. The molecule has 0 aromatic heterocycles. The first kappa shape index (κ1) is 14.0. The summed E-state index contributed by atoms with van der Waals surface area (Å²) in [5.74, 6) is 0.879. The number of para-hydroxylation sites is 1. The number of carbonyl (C=O) groups is 1. The van der Waals surface area contributed by atoms with Crippen LogP contribution in [0, 0.1) is 5.92 Å². The van der Waals surface area contributed by atoms with Gasteiger partial charge < -0.3 is 14.2 Å². The van der Waals surface area contributed by atoms with Crippen LogP contribution >= 0.6 is 0 Å². The number of hydrogen-bond donors (Lipinski definition) is 0. The normalized spacial score (nSPS) is 22.4. The number of hydrogen-bond acceptors (Lipinski definition) is 4. The average Bonchev–Trinajstić information content (AvgIpc) is 2.85. The fourth-order valence-electron chi connectivity index (χ4n) is 2.21. The molecular weight excluding hydrogens is 244 g/mol. The minimum absolute atomic E-state index is 0.0121. The van der Waals surface area contributed by atoms with Gasteiger partial charge in [0.2, 0.25) is 0 Å². The van der Waals surface area contributed by atoms with Crippen molar-refractivity contribution in [2.45, 2.75) is 19.4 Å². The number of carbonyl (C=O) groups excluding carboxylic acids is 1. The van der Waals surface area contributed by atoms with E-state index < -0.39 is 0 Å². The minimum atomic E-state index is -0.341. The monoisotopic (exact) mass is 264 g/mol. The molecule has 4 heteroatoms. The molecule has 0 saturated carbocycles. The number of methoxy groups -OCH3 is 1. The molecule has 1 fully saturated rings. The van der Waals surface area contributed by atoms with Crippen molar-refractivity contribution in [3.05, 3.63) is 29.8 Å². The summed E-state index contributed by atoms with van der Waals surface area (Å²) >= 11 is 0. The lowest BCUT2D eigenvalue weighted by molar-refractivity contribution is 0.0574. The van der Waals surface area contributed by atoms with Gasteiger partial charge in [0.1, 0.15) is 18.5 Å². The zero-order valence-corrected chi connectivity index (χ0v) is 11.4. The van der Waals surface area contributed by atoms with E-state index in [0.717, 1.165) is 6.42 Å². The van der Waals surface area contributed by atoms with Gasteiger partial charge in [0.05, 0.1) is 12.2 Å². The van der Waals surface area contributed by atoms with Gasteiger partial charge in [0, 0.05) is 13.7 Å². The molecule has 1 aliphatic heterocycles. The summed E-state index contributed by atoms with van der Waals surface area (Å²) in [4.78, 5) is 12.5. The van der Waals surface area contributed by atoms with Gasteiger partial charge in [0.15, 0.2) is 5.78 Å². The van der Waals surface area contributed by atoms with E-state index in [9.17, 15) is 4.79 Å². The zero-order valence-electron chi connectivity index (χ0n) is 11.4. The fourth-order valence-corrected chi connectivity index (χ4v) is 2.21. The van der Waals surface area contributed by atoms with Crippen molar-refractivity contribution in [2.24, 2.45) is 5.92 Å². The lowest BCUT2D eigenvalue weighted by Crippen LogP contribution is -2.25. The first-order valence-electron chi connectivity index (χ1n) is 6.60. The molecule has 1 heterocycles. The van der Waals surface area contributed by atoms with Crippen LogP contribution in [0.25, 0.3) is 0 Å². The summed E-state index contributed by atoms with van der Waals surface area (Å²) in [5.41, 5.74) is 0.595. The van der Waals surface area contributed by atoms with Crippen molar-refractivity contribution in [3.63, 3.8) is 0 Å². The van der Waals surface area contributed by atoms with E-state index in [-0.39, 0.29) is 17.8 Å². The van der Waals surface area contributed by atoms with E-state index in [2.05, 4.69) is 0 Å². The molecule has 0 N–H and O–H groups in total. The van der Waals surface area contributed by atoms with Crippen LogP contribution in [0.2, 0.25) is 0 Å². The van der Waals surface area contributed by atoms with Crippen LogP contribution in [0.5, 0.6) is 5.75 Å². The predicted octanol–water partition coefficient (Wildman–Crippen LogP) is 2.32. The predicted molar refractivity (Wildman–Crippen MR) is 71.7 cm³/mol. The summed E-state index contributed by atoms with van der Waals surface area (Å²) in [6, 6.07) is 7.30. The highest BCUT2D eigenvalue weighted by atomic mass is 16.5. The Balaban J connectivity index is 2.12. The van der Waals surface area contributed by atoms with Crippen molar-refractivity contribution >= 4 is 5.78 Å². The number of benzene rings is 1. The molecule has 2 atom stereocenters. The third kappa shape index (κ3) is 3.33. The van der Waals surface area contributed by atoms with Gasteiger partial charge in [-0.3, -0.25) is 4.79 Å². The molecule has 2 unspecified atom stereocenters. The van der Waals surface area contributed by atoms with Crippen molar-refractivity contribution in [1.82, 2.24) is 0 Å². The number of rotatable bonds is 6. The van der Waals surface area contributed by atoms with Crippen molar-refractivity contribution < 1.29 is 19.0 Å². The maximum atomic E-state index is 12.5. The number of Topliss-reactive ketones (excluding diaryl/α,β-unsaturated/α-hetero) is 1. The molecule has 0 aliphatic carbocycles. The van der Waals surface area contributed by atoms with E-state index in [1.54, 1.807) is 13.2 Å². The van der Waals surface area contributed by atoms with E-state index in [1.807, 2.05) is 25.1 Å². The lowest BCUT2D eigenvalue weighted by atomic mass is 9.96. The molecule has 1 aromatic carbocycles. The Morgan fingerprint density at radius 2 is 2.16 bits per heavy atom. The number of ketones is 1. The lowest BCUT2D eigenvalue weighted by Gasteiger charge is -2.16. The van der Waals surface area contributed by atoms with Gasteiger partial charge in [0.25, 0.3) is 0 Å². The molecule has 0 spiro atoms. The highest BCUT2D eigenvalue weighted by Gasteiger charge is 2.32. The Morgan fingerprint density at radius 3 is 2.84 bits per heavy atom. The van der Waals surface area contributed by atoms with Gasteiger partial charge in [-0.15, -0.1) is 0 Å². The molecule has 0 radical (unpaired) electrons. The molecule has 1 aromatic rings. The van der Waals surface area contributed by atoms with Gasteiger partial charge in [-0.25, -0.2) is 0 Å². The highest BCUT2D eigenvalue weighted by molar-refractivity contribution is 6.02. The maximum absolute atomic E-state index is 12.5. The third-order valence-corrected chi connectivity index (χ3v) is 3.34. The van der Waals surface area contributed by atoms with Crippen LogP contribution in [0.15, 0.2) is 24.3 Å². The summed E-state index contributed by atoms with van der Waals surface area (Å²) in [5, 5.41) is 0. The molecule has 0 bridgehead atoms. The van der Waals surface area contributed by atoms with E-state index in [0.29, 0.717) is 31.1 Å². The fraction of sp³-hybridized carbons (Fsp3) is 0.533. The Morgan fingerprint density at radius 1 is 1.37 bits per heavy atom. The molecule has 2 rings (SSSR count). The van der Waals surface area contributed by atoms with Crippen LogP contribution < -0.4 is 4.74 Å². The molecule has 4 nitrogen and oxygen atoms in total. The summed E-state index contributed by atoms with van der Waals surface area (Å²) in [6.45, 7) is 3.63. The molecular formula is C15H20O4. The van der Waals surface area contributed by atoms with Crippen LogP contribution in [0.1, 0.15) is 23.7 Å². The standard InChI is InChI=1S/C15H20O4/c1-11-7-8-19-15(11)14(16)12-5-3-4-6-13(12)18-10-9-17-2/h3-6,11,15H,7-10H2,1-2H3. The van der Waals surface area contributed by atoms with Crippen LogP contribution in [0.3, 0.4) is 0 Å². The second-order valence-electron chi connectivity index (χ2n) is 4.76. The zero-order chi connectivity index (χ0) is 13.7. The Kier molecular flexibility index (Phi) is 4.93. The topological polar surface area (TPSA) is 44.8 Å². The Labute approximate surface area is 113 Å².